The van der Waals surface area contributed by atoms with Gasteiger partial charge in [-0.25, -0.2) is 4.90 Å². The van der Waals surface area contributed by atoms with Gasteiger partial charge in [0.25, 0.3) is 5.91 Å². The zero-order valence-corrected chi connectivity index (χ0v) is 9.90. The SMILES string of the molecule is O=C1CC2(OCCS2)C(=O)N1c1ccccc1. The number of nitrogens with zero attached hydrogens (tertiary/aromatic N) is 1. The van der Waals surface area contributed by atoms with Crippen molar-refractivity contribution in [2.75, 3.05) is 17.3 Å². The van der Waals surface area contributed by atoms with Gasteiger partial charge in [-0.15, -0.1) is 11.8 Å². The quantitative estimate of drug-likeness (QED) is 0.706. The summed E-state index contributed by atoms with van der Waals surface area (Å²) in [7, 11) is 0. The third-order valence-electron chi connectivity index (χ3n) is 2.93. The number of amides is 2. The summed E-state index contributed by atoms with van der Waals surface area (Å²) in [6.07, 6.45) is 0.144. The Morgan fingerprint density at radius 2 is 2.00 bits per heavy atom. The third-order valence-corrected chi connectivity index (χ3v) is 4.20. The second kappa shape index (κ2) is 3.85. The fraction of sp³-hybridized carbons (Fsp3) is 0.333. The first kappa shape index (κ1) is 10.8. The van der Waals surface area contributed by atoms with Gasteiger partial charge < -0.3 is 4.74 Å². The molecule has 3 rings (SSSR count). The van der Waals surface area contributed by atoms with E-state index in [2.05, 4.69) is 0 Å². The van der Waals surface area contributed by atoms with E-state index in [1.165, 1.54) is 16.7 Å². The molecule has 2 heterocycles. The standard InChI is InChI=1S/C12H11NO3S/c14-10-8-12(16-6-7-17-12)11(15)13(10)9-4-2-1-3-5-9/h1-5H,6-8H2. The molecule has 2 amide bonds. The van der Waals surface area contributed by atoms with Crippen LogP contribution in [0, 0.1) is 0 Å². The van der Waals surface area contributed by atoms with Gasteiger partial charge in [0, 0.05) is 5.75 Å². The smallest absolute Gasteiger partial charge is 0.277 e. The van der Waals surface area contributed by atoms with Crippen LogP contribution in [0.3, 0.4) is 0 Å². The fourth-order valence-electron chi connectivity index (χ4n) is 2.16. The number of ether oxygens (including phenoxy) is 1. The Bertz CT molecular complexity index is 468. The number of carbonyl (C=O) groups excluding carboxylic acids is 2. The Balaban J connectivity index is 1.97. The lowest BCUT2D eigenvalue weighted by Crippen LogP contribution is -2.38. The zero-order chi connectivity index (χ0) is 11.9. The van der Waals surface area contributed by atoms with Gasteiger partial charge in [0.1, 0.15) is 0 Å². The molecule has 2 saturated heterocycles. The lowest BCUT2D eigenvalue weighted by atomic mass is 10.3. The van der Waals surface area contributed by atoms with Crippen molar-refractivity contribution in [1.29, 1.82) is 0 Å². The van der Waals surface area contributed by atoms with Crippen molar-refractivity contribution in [1.82, 2.24) is 0 Å². The molecular weight excluding hydrogens is 238 g/mol. The van der Waals surface area contributed by atoms with E-state index in [0.717, 1.165) is 5.75 Å². The summed E-state index contributed by atoms with van der Waals surface area (Å²) in [6.45, 7) is 0.534. The lowest BCUT2D eigenvalue weighted by Gasteiger charge is -2.19. The number of thioether (sulfide) groups is 1. The predicted octanol–water partition coefficient (Wildman–Crippen LogP) is 1.41. The van der Waals surface area contributed by atoms with E-state index in [1.54, 1.807) is 12.1 Å². The number of hydrogen-bond acceptors (Lipinski definition) is 4. The minimum Gasteiger partial charge on any atom is -0.354 e. The van der Waals surface area contributed by atoms with Crippen molar-refractivity contribution in [3.8, 4) is 0 Å². The van der Waals surface area contributed by atoms with Gasteiger partial charge in [0.05, 0.1) is 18.7 Å². The number of hydrogen-bond donors (Lipinski definition) is 0. The Morgan fingerprint density at radius 3 is 2.65 bits per heavy atom. The molecule has 0 bridgehead atoms. The first-order valence-corrected chi connectivity index (χ1v) is 6.42. The number of anilines is 1. The van der Waals surface area contributed by atoms with Gasteiger partial charge in [-0.1, -0.05) is 18.2 Å². The van der Waals surface area contributed by atoms with Crippen LogP contribution in [0.5, 0.6) is 0 Å². The largest absolute Gasteiger partial charge is 0.354 e. The van der Waals surface area contributed by atoms with Crippen LogP contribution in [-0.2, 0) is 14.3 Å². The Morgan fingerprint density at radius 1 is 1.24 bits per heavy atom. The van der Waals surface area contributed by atoms with E-state index in [1.807, 2.05) is 18.2 Å². The van der Waals surface area contributed by atoms with Crippen molar-refractivity contribution in [2.45, 2.75) is 11.4 Å². The van der Waals surface area contributed by atoms with Gasteiger partial charge in [0.15, 0.2) is 0 Å². The normalized spacial score (nSPS) is 28.4. The number of para-hydroxylation sites is 1. The summed E-state index contributed by atoms with van der Waals surface area (Å²) in [4.78, 5) is 24.5. The molecule has 1 spiro atoms. The Kier molecular flexibility index (Phi) is 2.45. The van der Waals surface area contributed by atoms with Crippen molar-refractivity contribution in [3.63, 3.8) is 0 Å². The highest BCUT2D eigenvalue weighted by Gasteiger charge is 2.55. The van der Waals surface area contributed by atoms with E-state index in [9.17, 15) is 9.59 Å². The summed E-state index contributed by atoms with van der Waals surface area (Å²) in [5.41, 5.74) is 0.621. The molecule has 1 atom stereocenters. The van der Waals surface area contributed by atoms with Gasteiger partial charge in [0.2, 0.25) is 10.8 Å². The molecule has 5 heteroatoms. The van der Waals surface area contributed by atoms with Crippen LogP contribution in [0.15, 0.2) is 30.3 Å². The molecular formula is C12H11NO3S. The third kappa shape index (κ3) is 1.57. The number of benzene rings is 1. The molecule has 88 valence electrons. The molecule has 1 aromatic carbocycles. The summed E-state index contributed by atoms with van der Waals surface area (Å²) < 4.78 is 5.49. The minimum absolute atomic E-state index is 0.144. The van der Waals surface area contributed by atoms with Crippen molar-refractivity contribution in [2.24, 2.45) is 0 Å². The average molecular weight is 249 g/mol. The highest BCUT2D eigenvalue weighted by Crippen LogP contribution is 2.43. The summed E-state index contributed by atoms with van der Waals surface area (Å²) in [6, 6.07) is 8.99. The van der Waals surface area contributed by atoms with Crippen molar-refractivity contribution >= 4 is 29.3 Å². The molecule has 1 unspecified atom stereocenters. The highest BCUT2D eigenvalue weighted by molar-refractivity contribution is 8.01. The molecule has 17 heavy (non-hydrogen) atoms. The Hall–Kier alpha value is -1.33. The Labute approximate surface area is 103 Å². The average Bonchev–Trinajstić information content (AvgIpc) is 2.88. The summed E-state index contributed by atoms with van der Waals surface area (Å²) in [5, 5.41) is 0. The van der Waals surface area contributed by atoms with Crippen LogP contribution in [0.2, 0.25) is 0 Å². The minimum atomic E-state index is -0.951. The molecule has 2 fully saturated rings. The topological polar surface area (TPSA) is 46.6 Å². The van der Waals surface area contributed by atoms with Gasteiger partial charge in [-0.2, -0.15) is 0 Å². The van der Waals surface area contributed by atoms with Crippen LogP contribution in [0.1, 0.15) is 6.42 Å². The maximum atomic E-state index is 12.3. The first-order valence-electron chi connectivity index (χ1n) is 5.43. The summed E-state index contributed by atoms with van der Waals surface area (Å²) >= 11 is 1.43. The lowest BCUT2D eigenvalue weighted by molar-refractivity contribution is -0.128. The van der Waals surface area contributed by atoms with E-state index >= 15 is 0 Å². The summed E-state index contributed by atoms with van der Waals surface area (Å²) in [5.74, 6) is 0.341. The fourth-order valence-corrected chi connectivity index (χ4v) is 3.26. The second-order valence-electron chi connectivity index (χ2n) is 4.00. The maximum absolute atomic E-state index is 12.3. The molecule has 2 aliphatic heterocycles. The molecule has 0 saturated carbocycles. The van der Waals surface area contributed by atoms with Gasteiger partial charge in [-0.3, -0.25) is 9.59 Å². The van der Waals surface area contributed by atoms with E-state index in [-0.39, 0.29) is 18.2 Å². The molecule has 0 aliphatic carbocycles. The van der Waals surface area contributed by atoms with Crippen LogP contribution >= 0.6 is 11.8 Å². The number of imide groups is 1. The van der Waals surface area contributed by atoms with Crippen LogP contribution in [0.4, 0.5) is 5.69 Å². The van der Waals surface area contributed by atoms with Gasteiger partial charge >= 0.3 is 0 Å². The molecule has 1 aromatic rings. The van der Waals surface area contributed by atoms with E-state index < -0.39 is 4.93 Å². The van der Waals surface area contributed by atoms with E-state index in [4.69, 9.17) is 4.74 Å². The maximum Gasteiger partial charge on any atom is 0.277 e. The van der Waals surface area contributed by atoms with Gasteiger partial charge in [-0.05, 0) is 12.1 Å². The first-order chi connectivity index (χ1) is 8.23. The highest BCUT2D eigenvalue weighted by atomic mass is 32.2. The van der Waals surface area contributed by atoms with E-state index in [0.29, 0.717) is 12.3 Å². The number of rotatable bonds is 1. The van der Waals surface area contributed by atoms with Crippen LogP contribution in [0.25, 0.3) is 0 Å². The van der Waals surface area contributed by atoms with Crippen LogP contribution < -0.4 is 4.90 Å². The monoisotopic (exact) mass is 249 g/mol. The van der Waals surface area contributed by atoms with Crippen LogP contribution in [-0.4, -0.2) is 29.1 Å². The molecule has 0 radical (unpaired) electrons. The molecule has 4 nitrogen and oxygen atoms in total. The zero-order valence-electron chi connectivity index (χ0n) is 9.09. The number of carbonyl (C=O) groups is 2. The molecule has 0 N–H and O–H groups in total. The molecule has 2 aliphatic rings. The predicted molar refractivity (Wildman–Crippen MR) is 64.7 cm³/mol. The molecule has 0 aromatic heterocycles. The van der Waals surface area contributed by atoms with Crippen molar-refractivity contribution in [3.05, 3.63) is 30.3 Å². The second-order valence-corrected chi connectivity index (χ2v) is 5.35. The van der Waals surface area contributed by atoms with Crippen molar-refractivity contribution < 1.29 is 14.3 Å².